The van der Waals surface area contributed by atoms with Crippen LogP contribution in [-0.4, -0.2) is 32.1 Å². The van der Waals surface area contributed by atoms with Crippen molar-refractivity contribution in [2.45, 2.75) is 6.42 Å². The first-order valence-corrected chi connectivity index (χ1v) is 7.55. The van der Waals surface area contributed by atoms with Crippen LogP contribution in [0.15, 0.2) is 34.3 Å². The molecule has 0 bridgehead atoms. The third kappa shape index (κ3) is 6.26. The van der Waals surface area contributed by atoms with Crippen molar-refractivity contribution in [2.24, 2.45) is 0 Å². The SMILES string of the molecule is Cl.O=C(COc1ccc(Br)cc1Cl)NCC1=CCNCC1. The first-order valence-electron chi connectivity index (χ1n) is 6.38. The first kappa shape index (κ1) is 18.3. The van der Waals surface area contributed by atoms with Crippen LogP contribution in [0, 0.1) is 0 Å². The summed E-state index contributed by atoms with van der Waals surface area (Å²) in [6.45, 7) is 2.38. The second kappa shape index (κ2) is 9.30. The van der Waals surface area contributed by atoms with E-state index < -0.39 is 0 Å². The molecule has 2 rings (SSSR count). The Morgan fingerprint density at radius 2 is 2.29 bits per heavy atom. The van der Waals surface area contributed by atoms with Crippen molar-refractivity contribution in [2.75, 3.05) is 26.2 Å². The monoisotopic (exact) mass is 394 g/mol. The number of halogens is 3. The summed E-state index contributed by atoms with van der Waals surface area (Å²) in [5.41, 5.74) is 1.25. The Morgan fingerprint density at radius 3 is 2.95 bits per heavy atom. The highest BCUT2D eigenvalue weighted by Gasteiger charge is 2.08. The highest BCUT2D eigenvalue weighted by atomic mass is 79.9. The Bertz CT molecular complexity index is 524. The van der Waals surface area contributed by atoms with Gasteiger partial charge in [0.05, 0.1) is 5.02 Å². The molecule has 0 aromatic heterocycles. The van der Waals surface area contributed by atoms with Crippen LogP contribution in [0.3, 0.4) is 0 Å². The van der Waals surface area contributed by atoms with Gasteiger partial charge >= 0.3 is 0 Å². The number of carbonyl (C=O) groups is 1. The predicted molar refractivity (Wildman–Crippen MR) is 90.5 cm³/mol. The zero-order valence-corrected chi connectivity index (χ0v) is 14.5. The van der Waals surface area contributed by atoms with E-state index in [9.17, 15) is 4.79 Å². The molecule has 4 nitrogen and oxygen atoms in total. The minimum absolute atomic E-state index is 0. The van der Waals surface area contributed by atoms with E-state index in [4.69, 9.17) is 16.3 Å². The Hall–Kier alpha value is -0.750. The normalized spacial score (nSPS) is 13.9. The average molecular weight is 396 g/mol. The number of hydrogen-bond donors (Lipinski definition) is 2. The van der Waals surface area contributed by atoms with E-state index in [2.05, 4.69) is 32.6 Å². The quantitative estimate of drug-likeness (QED) is 0.753. The fourth-order valence-electron chi connectivity index (χ4n) is 1.83. The summed E-state index contributed by atoms with van der Waals surface area (Å²) >= 11 is 9.32. The summed E-state index contributed by atoms with van der Waals surface area (Å²) in [5.74, 6) is 0.356. The lowest BCUT2D eigenvalue weighted by molar-refractivity contribution is -0.122. The molecule has 0 atom stereocenters. The van der Waals surface area contributed by atoms with Crippen LogP contribution >= 0.6 is 39.9 Å². The van der Waals surface area contributed by atoms with Gasteiger partial charge in [0.15, 0.2) is 6.61 Å². The van der Waals surface area contributed by atoms with Crippen molar-refractivity contribution < 1.29 is 9.53 Å². The van der Waals surface area contributed by atoms with Gasteiger partial charge in [-0.05, 0) is 31.2 Å². The van der Waals surface area contributed by atoms with E-state index in [-0.39, 0.29) is 24.9 Å². The van der Waals surface area contributed by atoms with E-state index in [0.29, 0.717) is 17.3 Å². The minimum atomic E-state index is -0.150. The standard InChI is InChI=1S/C14H16BrClN2O2.ClH/c15-11-1-2-13(12(16)7-11)20-9-14(19)18-8-10-3-5-17-6-4-10;/h1-3,7,17H,4-6,8-9H2,(H,18,19);1H. The topological polar surface area (TPSA) is 50.4 Å². The molecule has 0 radical (unpaired) electrons. The van der Waals surface area contributed by atoms with Gasteiger partial charge in [-0.2, -0.15) is 0 Å². The highest BCUT2D eigenvalue weighted by Crippen LogP contribution is 2.27. The van der Waals surface area contributed by atoms with Gasteiger partial charge in [-0.15, -0.1) is 12.4 Å². The molecule has 1 aliphatic rings. The van der Waals surface area contributed by atoms with Crippen molar-refractivity contribution in [3.8, 4) is 5.75 Å². The van der Waals surface area contributed by atoms with Crippen molar-refractivity contribution in [3.05, 3.63) is 39.3 Å². The van der Waals surface area contributed by atoms with Gasteiger partial charge in [0, 0.05) is 17.6 Å². The number of hydrogen-bond acceptors (Lipinski definition) is 3. The van der Waals surface area contributed by atoms with Gasteiger partial charge < -0.3 is 15.4 Å². The Kier molecular flexibility index (Phi) is 8.11. The third-order valence-electron chi connectivity index (χ3n) is 2.92. The van der Waals surface area contributed by atoms with Gasteiger partial charge in [-0.25, -0.2) is 0 Å². The smallest absolute Gasteiger partial charge is 0.258 e. The molecule has 0 spiro atoms. The van der Waals surface area contributed by atoms with Crippen molar-refractivity contribution in [1.82, 2.24) is 10.6 Å². The molecule has 0 aliphatic carbocycles. The fraction of sp³-hybridized carbons (Fsp3) is 0.357. The Balaban J connectivity index is 0.00000220. The van der Waals surface area contributed by atoms with Crippen LogP contribution in [-0.2, 0) is 4.79 Å². The first-order chi connectivity index (χ1) is 9.65. The van der Waals surface area contributed by atoms with Crippen LogP contribution in [0.1, 0.15) is 6.42 Å². The second-order valence-corrected chi connectivity index (χ2v) is 5.78. The molecule has 1 amide bonds. The summed E-state index contributed by atoms with van der Waals surface area (Å²) in [5, 5.41) is 6.55. The number of rotatable bonds is 5. The van der Waals surface area contributed by atoms with Crippen LogP contribution in [0.5, 0.6) is 5.75 Å². The molecular formula is C14H17BrCl2N2O2. The maximum absolute atomic E-state index is 11.7. The molecule has 116 valence electrons. The molecule has 0 saturated carbocycles. The van der Waals surface area contributed by atoms with Gasteiger partial charge in [0.25, 0.3) is 5.91 Å². The van der Waals surface area contributed by atoms with E-state index >= 15 is 0 Å². The fourth-order valence-corrected chi connectivity index (χ4v) is 2.56. The van der Waals surface area contributed by atoms with Crippen molar-refractivity contribution >= 4 is 45.8 Å². The van der Waals surface area contributed by atoms with E-state index in [1.165, 1.54) is 5.57 Å². The average Bonchev–Trinajstić information content (AvgIpc) is 2.45. The van der Waals surface area contributed by atoms with Gasteiger partial charge in [0.1, 0.15) is 5.75 Å². The number of nitrogens with one attached hydrogen (secondary N) is 2. The van der Waals surface area contributed by atoms with Gasteiger partial charge in [-0.1, -0.05) is 39.2 Å². The Labute approximate surface area is 143 Å². The lowest BCUT2D eigenvalue weighted by Crippen LogP contribution is -2.32. The molecule has 0 fully saturated rings. The predicted octanol–water partition coefficient (Wildman–Crippen LogP) is 2.94. The van der Waals surface area contributed by atoms with E-state index in [1.54, 1.807) is 12.1 Å². The number of carbonyl (C=O) groups excluding carboxylic acids is 1. The third-order valence-corrected chi connectivity index (χ3v) is 3.71. The van der Waals surface area contributed by atoms with Crippen LogP contribution in [0.2, 0.25) is 5.02 Å². The molecular weight excluding hydrogens is 379 g/mol. The van der Waals surface area contributed by atoms with Gasteiger partial charge in [0.2, 0.25) is 0 Å². The molecule has 21 heavy (non-hydrogen) atoms. The van der Waals surface area contributed by atoms with E-state index in [1.807, 2.05) is 6.07 Å². The summed E-state index contributed by atoms with van der Waals surface area (Å²) in [6.07, 6.45) is 3.08. The molecule has 1 aromatic carbocycles. The maximum atomic E-state index is 11.7. The van der Waals surface area contributed by atoms with Crippen molar-refractivity contribution in [3.63, 3.8) is 0 Å². The van der Waals surface area contributed by atoms with Crippen LogP contribution in [0.4, 0.5) is 0 Å². The summed E-state index contributed by atoms with van der Waals surface area (Å²) in [7, 11) is 0. The molecule has 0 saturated heterocycles. The Morgan fingerprint density at radius 1 is 1.48 bits per heavy atom. The zero-order chi connectivity index (χ0) is 14.4. The van der Waals surface area contributed by atoms with Crippen LogP contribution in [0.25, 0.3) is 0 Å². The summed E-state index contributed by atoms with van der Waals surface area (Å²) < 4.78 is 6.27. The highest BCUT2D eigenvalue weighted by molar-refractivity contribution is 9.10. The number of ether oxygens (including phenoxy) is 1. The largest absolute Gasteiger partial charge is 0.482 e. The number of benzene rings is 1. The second-order valence-electron chi connectivity index (χ2n) is 4.46. The summed E-state index contributed by atoms with van der Waals surface area (Å²) in [4.78, 5) is 11.7. The van der Waals surface area contributed by atoms with Crippen LogP contribution < -0.4 is 15.4 Å². The molecule has 1 aliphatic heterocycles. The van der Waals surface area contributed by atoms with Crippen molar-refractivity contribution in [1.29, 1.82) is 0 Å². The molecule has 1 heterocycles. The van der Waals surface area contributed by atoms with Gasteiger partial charge in [-0.3, -0.25) is 4.79 Å². The molecule has 7 heteroatoms. The lowest BCUT2D eigenvalue weighted by Gasteiger charge is -2.15. The molecule has 1 aromatic rings. The lowest BCUT2D eigenvalue weighted by atomic mass is 10.1. The van der Waals surface area contributed by atoms with E-state index in [0.717, 1.165) is 24.0 Å². The zero-order valence-electron chi connectivity index (χ0n) is 11.3. The number of amides is 1. The molecule has 0 unspecified atom stereocenters. The maximum Gasteiger partial charge on any atom is 0.258 e. The summed E-state index contributed by atoms with van der Waals surface area (Å²) in [6, 6.07) is 5.28. The minimum Gasteiger partial charge on any atom is -0.482 e. The molecule has 2 N–H and O–H groups in total.